The predicted molar refractivity (Wildman–Crippen MR) is 96.9 cm³/mol. The lowest BCUT2D eigenvalue weighted by Crippen LogP contribution is -2.46. The van der Waals surface area contributed by atoms with Crippen LogP contribution >= 0.6 is 12.2 Å². The second-order valence-electron chi connectivity index (χ2n) is 6.29. The van der Waals surface area contributed by atoms with Crippen molar-refractivity contribution < 1.29 is 9.53 Å². The first-order valence-corrected chi connectivity index (χ1v) is 8.77. The Bertz CT molecular complexity index is 536. The van der Waals surface area contributed by atoms with Gasteiger partial charge in [0.25, 0.3) is 5.91 Å². The molecular formula is C18H26N2O2S. The Morgan fingerprint density at radius 2 is 1.96 bits per heavy atom. The fraction of sp³-hybridized carbons (Fsp3) is 0.556. The van der Waals surface area contributed by atoms with Crippen LogP contribution in [-0.4, -0.2) is 35.1 Å². The molecule has 1 unspecified atom stereocenters. The quantitative estimate of drug-likeness (QED) is 0.854. The molecule has 1 aliphatic heterocycles. The maximum Gasteiger partial charge on any atom is 0.257 e. The Hall–Kier alpha value is -1.62. The lowest BCUT2D eigenvalue weighted by atomic mass is 10.00. The van der Waals surface area contributed by atoms with E-state index in [-0.39, 0.29) is 12.0 Å². The van der Waals surface area contributed by atoms with Gasteiger partial charge in [0, 0.05) is 18.7 Å². The largest absolute Gasteiger partial charge is 0.491 e. The van der Waals surface area contributed by atoms with E-state index in [2.05, 4.69) is 24.1 Å². The number of nitrogens with one attached hydrogen (secondary N) is 1. The Balaban J connectivity index is 1.89. The van der Waals surface area contributed by atoms with E-state index >= 15 is 0 Å². The third kappa shape index (κ3) is 5.20. The van der Waals surface area contributed by atoms with E-state index in [0.29, 0.717) is 10.7 Å². The van der Waals surface area contributed by atoms with Crippen LogP contribution in [-0.2, 0) is 0 Å². The van der Waals surface area contributed by atoms with Gasteiger partial charge in [-0.3, -0.25) is 10.1 Å². The minimum absolute atomic E-state index is 0.163. The molecule has 0 bridgehead atoms. The number of nitrogens with zero attached hydrogens (tertiary/aromatic N) is 1. The molecule has 1 saturated heterocycles. The minimum Gasteiger partial charge on any atom is -0.491 e. The van der Waals surface area contributed by atoms with Gasteiger partial charge in [-0.05, 0) is 68.6 Å². The number of benzene rings is 1. The second-order valence-corrected chi connectivity index (χ2v) is 6.68. The van der Waals surface area contributed by atoms with Crippen LogP contribution in [0.15, 0.2) is 24.3 Å². The van der Waals surface area contributed by atoms with Crippen LogP contribution in [0.4, 0.5) is 0 Å². The summed E-state index contributed by atoms with van der Waals surface area (Å²) in [5.41, 5.74) is 0.592. The average molecular weight is 334 g/mol. The summed E-state index contributed by atoms with van der Waals surface area (Å²) in [6.07, 6.45) is 3.36. The average Bonchev–Trinajstić information content (AvgIpc) is 2.55. The number of ether oxygens (including phenoxy) is 1. The molecule has 1 heterocycles. The van der Waals surface area contributed by atoms with Crippen LogP contribution < -0.4 is 10.1 Å². The molecule has 1 fully saturated rings. The monoisotopic (exact) mass is 334 g/mol. The lowest BCUT2D eigenvalue weighted by Gasteiger charge is -2.32. The predicted octanol–water partition coefficient (Wildman–Crippen LogP) is 3.61. The second kappa shape index (κ2) is 8.29. The molecule has 1 aromatic carbocycles. The van der Waals surface area contributed by atoms with Gasteiger partial charge in [-0.15, -0.1) is 0 Å². The lowest BCUT2D eigenvalue weighted by molar-refractivity contribution is 0.0972. The van der Waals surface area contributed by atoms with Crippen molar-refractivity contribution in [2.75, 3.05) is 13.1 Å². The SMILES string of the molecule is CCC(C)Oc1ccc(C(=O)NC(=S)N2CCC(C)CC2)cc1. The van der Waals surface area contributed by atoms with Crippen molar-refractivity contribution in [2.24, 2.45) is 5.92 Å². The van der Waals surface area contributed by atoms with Gasteiger partial charge in [-0.2, -0.15) is 0 Å². The van der Waals surface area contributed by atoms with Crippen LogP contribution in [0.3, 0.4) is 0 Å². The van der Waals surface area contributed by atoms with Crippen LogP contribution in [0.1, 0.15) is 50.4 Å². The molecule has 2 rings (SSSR count). The summed E-state index contributed by atoms with van der Waals surface area (Å²) in [5, 5.41) is 3.36. The molecule has 23 heavy (non-hydrogen) atoms. The van der Waals surface area contributed by atoms with E-state index in [1.54, 1.807) is 12.1 Å². The van der Waals surface area contributed by atoms with Crippen molar-refractivity contribution in [1.82, 2.24) is 10.2 Å². The summed E-state index contributed by atoms with van der Waals surface area (Å²) in [5.74, 6) is 1.36. The highest BCUT2D eigenvalue weighted by molar-refractivity contribution is 7.80. The zero-order chi connectivity index (χ0) is 16.8. The van der Waals surface area contributed by atoms with Crippen molar-refractivity contribution >= 4 is 23.2 Å². The maximum atomic E-state index is 12.3. The molecular weight excluding hydrogens is 308 g/mol. The van der Waals surface area contributed by atoms with E-state index in [1.165, 1.54) is 0 Å². The van der Waals surface area contributed by atoms with Crippen LogP contribution in [0.2, 0.25) is 0 Å². The highest BCUT2D eigenvalue weighted by Gasteiger charge is 2.19. The normalized spacial score (nSPS) is 16.7. The van der Waals surface area contributed by atoms with E-state index in [9.17, 15) is 4.79 Å². The van der Waals surface area contributed by atoms with Crippen molar-refractivity contribution in [3.63, 3.8) is 0 Å². The summed E-state index contributed by atoms with van der Waals surface area (Å²) in [7, 11) is 0. The summed E-state index contributed by atoms with van der Waals surface area (Å²) in [6, 6.07) is 7.20. The van der Waals surface area contributed by atoms with Gasteiger partial charge in [0.2, 0.25) is 0 Å². The van der Waals surface area contributed by atoms with Crippen LogP contribution in [0.5, 0.6) is 5.75 Å². The first kappa shape index (κ1) is 17.7. The van der Waals surface area contributed by atoms with Crippen molar-refractivity contribution in [2.45, 2.75) is 46.1 Å². The van der Waals surface area contributed by atoms with E-state index in [4.69, 9.17) is 17.0 Å². The fourth-order valence-electron chi connectivity index (χ4n) is 2.46. The number of carbonyl (C=O) groups excluding carboxylic acids is 1. The molecule has 126 valence electrons. The third-order valence-electron chi connectivity index (χ3n) is 4.32. The van der Waals surface area contributed by atoms with Crippen molar-refractivity contribution in [3.8, 4) is 5.75 Å². The number of carbonyl (C=O) groups is 1. The first-order valence-electron chi connectivity index (χ1n) is 8.36. The molecule has 0 saturated carbocycles. The standard InChI is InChI=1S/C18H26N2O2S/c1-4-14(3)22-16-7-5-15(6-8-16)17(21)19-18(23)20-11-9-13(2)10-12-20/h5-8,13-14H,4,9-12H2,1-3H3,(H,19,21,23). The smallest absolute Gasteiger partial charge is 0.257 e. The molecule has 0 radical (unpaired) electrons. The summed E-state index contributed by atoms with van der Waals surface area (Å²) in [4.78, 5) is 14.4. The topological polar surface area (TPSA) is 41.6 Å². The molecule has 1 amide bonds. The van der Waals surface area contributed by atoms with Crippen molar-refractivity contribution in [1.29, 1.82) is 0 Å². The highest BCUT2D eigenvalue weighted by Crippen LogP contribution is 2.17. The van der Waals surface area contributed by atoms with Gasteiger partial charge < -0.3 is 9.64 Å². The van der Waals surface area contributed by atoms with E-state index in [0.717, 1.165) is 44.0 Å². The number of piperidine rings is 1. The number of thiocarbonyl (C=S) groups is 1. The van der Waals surface area contributed by atoms with Crippen LogP contribution in [0.25, 0.3) is 0 Å². The Kier molecular flexibility index (Phi) is 6.39. The summed E-state index contributed by atoms with van der Waals surface area (Å²) < 4.78 is 5.72. The van der Waals surface area contributed by atoms with Gasteiger partial charge >= 0.3 is 0 Å². The fourth-order valence-corrected chi connectivity index (χ4v) is 2.74. The Labute approximate surface area is 144 Å². The van der Waals surface area contributed by atoms with Gasteiger partial charge in [-0.25, -0.2) is 0 Å². The summed E-state index contributed by atoms with van der Waals surface area (Å²) in [6.45, 7) is 8.19. The maximum absolute atomic E-state index is 12.3. The number of rotatable bonds is 4. The van der Waals surface area contributed by atoms with Crippen molar-refractivity contribution in [3.05, 3.63) is 29.8 Å². The number of hydrogen-bond acceptors (Lipinski definition) is 3. The molecule has 1 aromatic rings. The van der Waals surface area contributed by atoms with Crippen LogP contribution in [0, 0.1) is 5.92 Å². The van der Waals surface area contributed by atoms with Gasteiger partial charge in [-0.1, -0.05) is 13.8 Å². The zero-order valence-corrected chi connectivity index (χ0v) is 15.0. The molecule has 0 aliphatic carbocycles. The molecule has 0 spiro atoms. The highest BCUT2D eigenvalue weighted by atomic mass is 32.1. The van der Waals surface area contributed by atoms with Gasteiger partial charge in [0.1, 0.15) is 5.75 Å². The van der Waals surface area contributed by atoms with Gasteiger partial charge in [0.05, 0.1) is 6.10 Å². The van der Waals surface area contributed by atoms with Gasteiger partial charge in [0.15, 0.2) is 5.11 Å². The number of hydrogen-bond donors (Lipinski definition) is 1. The molecule has 1 N–H and O–H groups in total. The third-order valence-corrected chi connectivity index (χ3v) is 4.68. The number of amides is 1. The Morgan fingerprint density at radius 1 is 1.35 bits per heavy atom. The minimum atomic E-state index is -0.163. The molecule has 5 heteroatoms. The molecule has 0 aromatic heterocycles. The first-order chi connectivity index (χ1) is 11.0. The zero-order valence-electron chi connectivity index (χ0n) is 14.2. The Morgan fingerprint density at radius 3 is 2.52 bits per heavy atom. The summed E-state index contributed by atoms with van der Waals surface area (Å²) >= 11 is 5.36. The molecule has 1 atom stereocenters. The number of likely N-dealkylation sites (tertiary alicyclic amines) is 1. The van der Waals surface area contributed by atoms with E-state index in [1.807, 2.05) is 19.1 Å². The van der Waals surface area contributed by atoms with E-state index < -0.39 is 0 Å². The molecule has 1 aliphatic rings. The molecule has 4 nitrogen and oxygen atoms in total.